The van der Waals surface area contributed by atoms with Crippen molar-refractivity contribution in [1.82, 2.24) is 19.6 Å². The highest BCUT2D eigenvalue weighted by Crippen LogP contribution is 2.22. The average molecular weight is 516 g/mol. The van der Waals surface area contributed by atoms with Crippen LogP contribution in [0.1, 0.15) is 21.5 Å². The van der Waals surface area contributed by atoms with Crippen LogP contribution in [0.5, 0.6) is 0 Å². The lowest BCUT2D eigenvalue weighted by molar-refractivity contribution is -0.385. The lowest BCUT2D eigenvalue weighted by Gasteiger charge is -2.05. The van der Waals surface area contributed by atoms with Crippen LogP contribution in [-0.4, -0.2) is 30.4 Å². The molecule has 2 aromatic carbocycles. The van der Waals surface area contributed by atoms with Crippen LogP contribution in [0.15, 0.2) is 71.6 Å². The smallest absolute Gasteiger partial charge is 0.304 e. The number of aromatic nitrogens is 4. The summed E-state index contributed by atoms with van der Waals surface area (Å²) in [5, 5.41) is 22.6. The minimum Gasteiger partial charge on any atom is -0.304 e. The standard InChI is InChI=1S/C21H16BrClN6O3/c22-19-13-28(11-15-3-7-17(23)8-4-15)26-20(19)25-21(30)16-5-1-14(2-6-16)10-27-12-18(9-24-27)29(31)32/h1-9,12-13H,10-11H2,(H,25,26,30). The van der Waals surface area contributed by atoms with Crippen LogP contribution in [-0.2, 0) is 13.1 Å². The lowest BCUT2D eigenvalue weighted by atomic mass is 10.1. The van der Waals surface area contributed by atoms with Gasteiger partial charge in [-0.25, -0.2) is 0 Å². The molecule has 11 heteroatoms. The van der Waals surface area contributed by atoms with Crippen molar-refractivity contribution in [3.8, 4) is 0 Å². The van der Waals surface area contributed by atoms with E-state index in [0.717, 1.165) is 11.1 Å². The lowest BCUT2D eigenvalue weighted by Crippen LogP contribution is -2.13. The predicted molar refractivity (Wildman–Crippen MR) is 123 cm³/mol. The van der Waals surface area contributed by atoms with Gasteiger partial charge in [0.2, 0.25) is 0 Å². The Hall–Kier alpha value is -3.50. The molecule has 0 fully saturated rings. The summed E-state index contributed by atoms with van der Waals surface area (Å²) in [5.41, 5.74) is 2.27. The molecule has 0 saturated heterocycles. The monoisotopic (exact) mass is 514 g/mol. The first-order valence-electron chi connectivity index (χ1n) is 9.42. The molecule has 2 heterocycles. The van der Waals surface area contributed by atoms with E-state index < -0.39 is 4.92 Å². The van der Waals surface area contributed by atoms with E-state index in [0.29, 0.717) is 34.0 Å². The molecule has 1 amide bonds. The number of hydrogen-bond acceptors (Lipinski definition) is 5. The summed E-state index contributed by atoms with van der Waals surface area (Å²) >= 11 is 9.34. The molecule has 0 saturated carbocycles. The maximum atomic E-state index is 12.6. The van der Waals surface area contributed by atoms with Crippen molar-refractivity contribution in [3.63, 3.8) is 0 Å². The van der Waals surface area contributed by atoms with E-state index in [9.17, 15) is 14.9 Å². The summed E-state index contributed by atoms with van der Waals surface area (Å²) in [6.45, 7) is 0.891. The number of benzene rings is 2. The average Bonchev–Trinajstić information content (AvgIpc) is 3.37. The molecule has 0 atom stereocenters. The first kappa shape index (κ1) is 21.7. The van der Waals surface area contributed by atoms with Gasteiger partial charge >= 0.3 is 5.69 Å². The van der Waals surface area contributed by atoms with Crippen molar-refractivity contribution in [2.75, 3.05) is 5.32 Å². The van der Waals surface area contributed by atoms with Gasteiger partial charge in [-0.2, -0.15) is 10.2 Å². The number of nitro groups is 1. The Balaban J connectivity index is 1.39. The third-order valence-corrected chi connectivity index (χ3v) is 5.43. The molecule has 1 N–H and O–H groups in total. The van der Waals surface area contributed by atoms with E-state index >= 15 is 0 Å². The number of halogens is 2. The fourth-order valence-electron chi connectivity index (χ4n) is 3.00. The number of nitrogens with one attached hydrogen (secondary N) is 1. The largest absolute Gasteiger partial charge is 0.307 e. The van der Waals surface area contributed by atoms with E-state index in [1.54, 1.807) is 35.1 Å². The van der Waals surface area contributed by atoms with Gasteiger partial charge in [0.05, 0.1) is 22.5 Å². The van der Waals surface area contributed by atoms with Crippen LogP contribution in [0, 0.1) is 10.1 Å². The first-order valence-corrected chi connectivity index (χ1v) is 10.6. The van der Waals surface area contributed by atoms with Crippen LogP contribution in [0.2, 0.25) is 5.02 Å². The van der Waals surface area contributed by atoms with E-state index in [4.69, 9.17) is 11.6 Å². The molecule has 0 spiro atoms. The molecule has 0 radical (unpaired) electrons. The zero-order chi connectivity index (χ0) is 22.7. The third kappa shape index (κ3) is 5.21. The second-order valence-electron chi connectivity index (χ2n) is 6.95. The summed E-state index contributed by atoms with van der Waals surface area (Å²) in [6.07, 6.45) is 4.35. The number of amides is 1. The van der Waals surface area contributed by atoms with E-state index in [2.05, 4.69) is 31.4 Å². The van der Waals surface area contributed by atoms with Crippen molar-refractivity contribution < 1.29 is 9.72 Å². The van der Waals surface area contributed by atoms with Crippen LogP contribution in [0.4, 0.5) is 11.5 Å². The van der Waals surface area contributed by atoms with Crippen molar-refractivity contribution in [3.05, 3.63) is 103 Å². The van der Waals surface area contributed by atoms with Gasteiger partial charge in [0.1, 0.15) is 12.4 Å². The number of hydrogen-bond donors (Lipinski definition) is 1. The quantitative estimate of drug-likeness (QED) is 0.282. The molecule has 0 unspecified atom stereocenters. The molecule has 4 aromatic rings. The second-order valence-corrected chi connectivity index (χ2v) is 8.24. The highest BCUT2D eigenvalue weighted by molar-refractivity contribution is 9.10. The molecule has 9 nitrogen and oxygen atoms in total. The summed E-state index contributed by atoms with van der Waals surface area (Å²) in [7, 11) is 0. The zero-order valence-corrected chi connectivity index (χ0v) is 18.8. The van der Waals surface area contributed by atoms with E-state index in [1.165, 1.54) is 17.1 Å². The Bertz CT molecular complexity index is 1270. The summed E-state index contributed by atoms with van der Waals surface area (Å²) in [5.74, 6) is 0.112. The maximum absolute atomic E-state index is 12.6. The van der Waals surface area contributed by atoms with Gasteiger partial charge < -0.3 is 5.32 Å². The number of rotatable bonds is 7. The molecular weight excluding hydrogens is 500 g/mol. The first-order chi connectivity index (χ1) is 15.4. The molecule has 0 aliphatic rings. The van der Waals surface area contributed by atoms with Gasteiger partial charge in [-0.1, -0.05) is 35.9 Å². The SMILES string of the molecule is O=C(Nc1nn(Cc2ccc(Cl)cc2)cc1Br)c1ccc(Cn2cc([N+](=O)[O-])cn2)cc1. The van der Waals surface area contributed by atoms with Crippen molar-refractivity contribution >= 4 is 44.9 Å². The van der Waals surface area contributed by atoms with Gasteiger partial charge in [0.25, 0.3) is 5.91 Å². The summed E-state index contributed by atoms with van der Waals surface area (Å²) in [4.78, 5) is 22.9. The van der Waals surface area contributed by atoms with Crippen LogP contribution < -0.4 is 5.32 Å². The Kier molecular flexibility index (Phi) is 6.33. The zero-order valence-electron chi connectivity index (χ0n) is 16.5. The van der Waals surface area contributed by atoms with Crippen LogP contribution in [0.25, 0.3) is 0 Å². The topological polar surface area (TPSA) is 108 Å². The van der Waals surface area contributed by atoms with E-state index in [-0.39, 0.29) is 11.6 Å². The number of carbonyl (C=O) groups excluding carboxylic acids is 1. The number of nitrogens with zero attached hydrogens (tertiary/aromatic N) is 5. The molecule has 162 valence electrons. The van der Waals surface area contributed by atoms with Crippen molar-refractivity contribution in [2.45, 2.75) is 13.1 Å². The fraction of sp³-hybridized carbons (Fsp3) is 0.0952. The van der Waals surface area contributed by atoms with Crippen molar-refractivity contribution in [2.24, 2.45) is 0 Å². The number of anilines is 1. The Labute approximate surface area is 195 Å². The fourth-order valence-corrected chi connectivity index (χ4v) is 3.54. The van der Waals surface area contributed by atoms with Crippen LogP contribution >= 0.6 is 27.5 Å². The molecule has 2 aromatic heterocycles. The van der Waals surface area contributed by atoms with Crippen LogP contribution in [0.3, 0.4) is 0 Å². The van der Waals surface area contributed by atoms with Gasteiger partial charge in [-0.05, 0) is 51.3 Å². The van der Waals surface area contributed by atoms with Gasteiger partial charge in [0, 0.05) is 16.8 Å². The minimum absolute atomic E-state index is 0.0675. The molecule has 0 bridgehead atoms. The Morgan fingerprint density at radius 2 is 1.66 bits per heavy atom. The minimum atomic E-state index is -0.494. The Morgan fingerprint density at radius 1 is 1.03 bits per heavy atom. The number of carbonyl (C=O) groups is 1. The van der Waals surface area contributed by atoms with Crippen molar-refractivity contribution in [1.29, 1.82) is 0 Å². The highest BCUT2D eigenvalue weighted by Gasteiger charge is 2.13. The molecule has 32 heavy (non-hydrogen) atoms. The molecule has 0 aliphatic heterocycles. The highest BCUT2D eigenvalue weighted by atomic mass is 79.9. The van der Waals surface area contributed by atoms with Gasteiger partial charge in [-0.3, -0.25) is 24.3 Å². The molecule has 0 aliphatic carbocycles. The molecule has 4 rings (SSSR count). The predicted octanol–water partition coefficient (Wildman–Crippen LogP) is 4.75. The maximum Gasteiger partial charge on any atom is 0.307 e. The van der Waals surface area contributed by atoms with E-state index in [1.807, 2.05) is 24.3 Å². The normalized spacial score (nSPS) is 10.8. The van der Waals surface area contributed by atoms with Gasteiger partial charge in [-0.15, -0.1) is 0 Å². The third-order valence-electron chi connectivity index (χ3n) is 4.60. The van der Waals surface area contributed by atoms with Gasteiger partial charge in [0.15, 0.2) is 5.82 Å². The summed E-state index contributed by atoms with van der Waals surface area (Å²) < 4.78 is 3.85. The second kappa shape index (κ2) is 9.33. The summed E-state index contributed by atoms with van der Waals surface area (Å²) in [6, 6.07) is 14.4. The molecular formula is C21H16BrClN6O3. The Morgan fingerprint density at radius 3 is 2.28 bits per heavy atom.